The van der Waals surface area contributed by atoms with Gasteiger partial charge in [0.15, 0.2) is 5.43 Å². The van der Waals surface area contributed by atoms with Gasteiger partial charge in [-0.2, -0.15) is 0 Å². The van der Waals surface area contributed by atoms with E-state index >= 15 is 0 Å². The molecule has 2 aromatic carbocycles. The van der Waals surface area contributed by atoms with E-state index in [0.29, 0.717) is 17.0 Å². The Morgan fingerprint density at radius 1 is 1.04 bits per heavy atom. The lowest BCUT2D eigenvalue weighted by molar-refractivity contribution is -0.146. The molecule has 3 aromatic rings. The molecule has 0 radical (unpaired) electrons. The highest BCUT2D eigenvalue weighted by molar-refractivity contribution is 6.38. The summed E-state index contributed by atoms with van der Waals surface area (Å²) in [6.07, 6.45) is 1.84. The number of rotatable bonds is 5. The lowest BCUT2D eigenvalue weighted by Crippen LogP contribution is -2.16. The Morgan fingerprint density at radius 2 is 1.70 bits per heavy atom. The molecular weight excluding hydrogens is 353 g/mol. The number of aliphatic carboxylic acids is 1. The van der Waals surface area contributed by atoms with Crippen molar-refractivity contribution in [1.82, 2.24) is 4.57 Å². The summed E-state index contributed by atoms with van der Waals surface area (Å²) in [4.78, 5) is 34.7. The molecule has 0 aliphatic heterocycles. The largest absolute Gasteiger partial charge is 0.507 e. The minimum Gasteiger partial charge on any atom is -0.507 e. The number of ketones is 1. The van der Waals surface area contributed by atoms with E-state index in [-0.39, 0.29) is 17.9 Å². The van der Waals surface area contributed by atoms with Crippen LogP contribution in [0.25, 0.3) is 16.7 Å². The zero-order valence-electron chi connectivity index (χ0n) is 13.9. The number of pyridine rings is 1. The van der Waals surface area contributed by atoms with Gasteiger partial charge in [-0.1, -0.05) is 24.3 Å². The van der Waals surface area contributed by atoms with Crippen LogP contribution in [0.15, 0.2) is 65.6 Å². The highest BCUT2D eigenvalue weighted by Gasteiger charge is 2.16. The minimum absolute atomic E-state index is 0.203. The highest BCUT2D eigenvalue weighted by atomic mass is 19.1. The third-order valence-electron chi connectivity index (χ3n) is 4.01. The summed E-state index contributed by atoms with van der Waals surface area (Å²) in [6.45, 7) is 0.272. The molecule has 0 saturated carbocycles. The van der Waals surface area contributed by atoms with Gasteiger partial charge >= 0.3 is 5.97 Å². The molecule has 27 heavy (non-hydrogen) atoms. The standard InChI is InChI=1S/C20H14FNO5/c21-13-7-5-12(6-8-13)10-22-11-15(17(23)9-18(24)20(26)27)19(25)14-3-1-2-4-16(14)22/h1-9,11,23H,10H2,(H,26,27). The molecule has 0 fully saturated rings. The van der Waals surface area contributed by atoms with Gasteiger partial charge in [0.25, 0.3) is 5.78 Å². The van der Waals surface area contributed by atoms with Crippen molar-refractivity contribution in [3.63, 3.8) is 0 Å². The van der Waals surface area contributed by atoms with Gasteiger partial charge < -0.3 is 14.8 Å². The Balaban J connectivity index is 2.17. The van der Waals surface area contributed by atoms with Crippen molar-refractivity contribution in [3.8, 4) is 0 Å². The molecule has 0 atom stereocenters. The molecule has 2 N–H and O–H groups in total. The van der Waals surface area contributed by atoms with Crippen molar-refractivity contribution in [2.24, 2.45) is 0 Å². The third kappa shape index (κ3) is 3.77. The van der Waals surface area contributed by atoms with E-state index in [1.54, 1.807) is 41.0 Å². The van der Waals surface area contributed by atoms with Crippen LogP contribution < -0.4 is 5.43 Å². The Bertz CT molecular complexity index is 1130. The van der Waals surface area contributed by atoms with Crippen molar-refractivity contribution >= 4 is 28.4 Å². The smallest absolute Gasteiger partial charge is 0.376 e. The molecule has 0 spiro atoms. The SMILES string of the molecule is O=C(O)C(=O)C=C(O)c1cn(Cc2ccc(F)cc2)c2ccccc2c1=O. The Kier molecular flexibility index (Phi) is 4.85. The zero-order chi connectivity index (χ0) is 19.6. The van der Waals surface area contributed by atoms with Gasteiger partial charge in [0.2, 0.25) is 0 Å². The fourth-order valence-corrected chi connectivity index (χ4v) is 2.71. The molecule has 0 unspecified atom stereocenters. The zero-order valence-corrected chi connectivity index (χ0v) is 13.9. The van der Waals surface area contributed by atoms with Gasteiger partial charge in [-0.25, -0.2) is 9.18 Å². The van der Waals surface area contributed by atoms with E-state index in [1.165, 1.54) is 18.3 Å². The number of nitrogens with zero attached hydrogens (tertiary/aromatic N) is 1. The maximum atomic E-state index is 13.1. The summed E-state index contributed by atoms with van der Waals surface area (Å²) < 4.78 is 14.8. The molecule has 6 nitrogen and oxygen atoms in total. The second-order valence-electron chi connectivity index (χ2n) is 5.84. The summed E-state index contributed by atoms with van der Waals surface area (Å²) in [6, 6.07) is 12.5. The summed E-state index contributed by atoms with van der Waals surface area (Å²) >= 11 is 0. The normalized spacial score (nSPS) is 11.5. The molecule has 7 heteroatoms. The summed E-state index contributed by atoms with van der Waals surface area (Å²) in [5.74, 6) is -4.19. The molecule has 0 bridgehead atoms. The maximum absolute atomic E-state index is 13.1. The molecule has 136 valence electrons. The van der Waals surface area contributed by atoms with Gasteiger partial charge in [0.1, 0.15) is 11.6 Å². The minimum atomic E-state index is -1.74. The number of para-hydroxylation sites is 1. The van der Waals surface area contributed by atoms with Crippen LogP contribution in [0.4, 0.5) is 4.39 Å². The van der Waals surface area contributed by atoms with E-state index in [0.717, 1.165) is 5.56 Å². The summed E-state index contributed by atoms with van der Waals surface area (Å²) in [5, 5.41) is 19.1. The molecular formula is C20H14FNO5. The number of hydrogen-bond acceptors (Lipinski definition) is 4. The van der Waals surface area contributed by atoms with Crippen molar-refractivity contribution in [2.45, 2.75) is 6.54 Å². The van der Waals surface area contributed by atoms with Crippen molar-refractivity contribution in [1.29, 1.82) is 0 Å². The number of aromatic nitrogens is 1. The molecule has 1 heterocycles. The summed E-state index contributed by atoms with van der Waals surface area (Å²) in [5.41, 5.74) is 0.590. The van der Waals surface area contributed by atoms with Gasteiger partial charge in [-0.15, -0.1) is 0 Å². The Labute approximate surface area is 152 Å². The van der Waals surface area contributed by atoms with Crippen LogP contribution in [0, 0.1) is 5.82 Å². The van der Waals surface area contributed by atoms with E-state index in [4.69, 9.17) is 5.11 Å². The van der Waals surface area contributed by atoms with E-state index in [9.17, 15) is 23.9 Å². The van der Waals surface area contributed by atoms with Gasteiger partial charge in [0.05, 0.1) is 11.1 Å². The average molecular weight is 367 g/mol. The number of hydrogen-bond donors (Lipinski definition) is 2. The van der Waals surface area contributed by atoms with E-state index in [2.05, 4.69) is 0 Å². The van der Waals surface area contributed by atoms with Gasteiger partial charge in [0, 0.05) is 24.2 Å². The quantitative estimate of drug-likeness (QED) is 0.411. The third-order valence-corrected chi connectivity index (χ3v) is 4.01. The number of aliphatic hydroxyl groups is 1. The van der Waals surface area contributed by atoms with Crippen LogP contribution in [-0.2, 0) is 16.1 Å². The Morgan fingerprint density at radius 3 is 2.37 bits per heavy atom. The number of halogens is 1. The monoisotopic (exact) mass is 367 g/mol. The lowest BCUT2D eigenvalue weighted by atomic mass is 10.1. The first kappa shape index (κ1) is 18.1. The fourth-order valence-electron chi connectivity index (χ4n) is 2.71. The first-order chi connectivity index (χ1) is 12.9. The molecule has 1 aromatic heterocycles. The maximum Gasteiger partial charge on any atom is 0.376 e. The summed E-state index contributed by atoms with van der Waals surface area (Å²) in [7, 11) is 0. The van der Waals surface area contributed by atoms with Gasteiger partial charge in [-0.05, 0) is 29.8 Å². The van der Waals surface area contributed by atoms with E-state index in [1.807, 2.05) is 0 Å². The molecule has 0 saturated heterocycles. The van der Waals surface area contributed by atoms with Crippen LogP contribution in [0.3, 0.4) is 0 Å². The van der Waals surface area contributed by atoms with Crippen molar-refractivity contribution in [3.05, 3.63) is 88.0 Å². The first-order valence-electron chi connectivity index (χ1n) is 7.91. The first-order valence-corrected chi connectivity index (χ1v) is 7.91. The second-order valence-corrected chi connectivity index (χ2v) is 5.84. The van der Waals surface area contributed by atoms with Crippen molar-refractivity contribution < 1.29 is 24.2 Å². The lowest BCUT2D eigenvalue weighted by Gasteiger charge is -2.13. The van der Waals surface area contributed by atoms with Gasteiger partial charge in [-0.3, -0.25) is 9.59 Å². The highest BCUT2D eigenvalue weighted by Crippen LogP contribution is 2.17. The van der Waals surface area contributed by atoms with Crippen LogP contribution in [-0.4, -0.2) is 26.5 Å². The number of benzene rings is 2. The number of aliphatic hydroxyl groups excluding tert-OH is 1. The predicted octanol–water partition coefficient (Wildman–Crippen LogP) is 2.74. The number of fused-ring (bicyclic) bond motifs is 1. The number of carbonyl (C=O) groups is 2. The van der Waals surface area contributed by atoms with E-state index < -0.39 is 22.9 Å². The topological polar surface area (TPSA) is 96.6 Å². The average Bonchev–Trinajstić information content (AvgIpc) is 2.65. The van der Waals surface area contributed by atoms with Crippen molar-refractivity contribution in [2.75, 3.05) is 0 Å². The molecule has 3 rings (SSSR count). The molecule has 0 amide bonds. The fraction of sp³-hybridized carbons (Fsp3) is 0.0500. The van der Waals surface area contributed by atoms with Crippen LogP contribution in [0.1, 0.15) is 11.1 Å². The number of carbonyl (C=O) groups excluding carboxylic acids is 1. The van der Waals surface area contributed by atoms with Crippen LogP contribution >= 0.6 is 0 Å². The molecule has 0 aliphatic carbocycles. The molecule has 0 aliphatic rings. The number of carboxylic acid groups (broad SMARTS) is 1. The second kappa shape index (κ2) is 7.25. The predicted molar refractivity (Wildman–Crippen MR) is 97.0 cm³/mol. The number of carboxylic acids is 1. The van der Waals surface area contributed by atoms with Crippen LogP contribution in [0.5, 0.6) is 0 Å². The Hall–Kier alpha value is -3.74. The van der Waals surface area contributed by atoms with Crippen LogP contribution in [0.2, 0.25) is 0 Å².